The highest BCUT2D eigenvalue weighted by atomic mass is 79.9. The Labute approximate surface area is 161 Å². The summed E-state index contributed by atoms with van der Waals surface area (Å²) in [7, 11) is 0. The van der Waals surface area contributed by atoms with Gasteiger partial charge >= 0.3 is 11.8 Å². The summed E-state index contributed by atoms with van der Waals surface area (Å²) in [6.45, 7) is 4.09. The van der Waals surface area contributed by atoms with Crippen molar-refractivity contribution in [3.05, 3.63) is 52.5 Å². The SMILES string of the molecule is Cc1ccc(NC(=O)C(=O)Nc2ccc(N3CCCCC3)cc2)c(Br)c1. The van der Waals surface area contributed by atoms with Gasteiger partial charge in [0.05, 0.1) is 5.69 Å². The third kappa shape index (κ3) is 4.64. The van der Waals surface area contributed by atoms with Crippen LogP contribution in [0.4, 0.5) is 17.1 Å². The van der Waals surface area contributed by atoms with E-state index in [0.717, 1.165) is 28.8 Å². The highest BCUT2D eigenvalue weighted by molar-refractivity contribution is 9.10. The lowest BCUT2D eigenvalue weighted by molar-refractivity contribution is -0.133. The fourth-order valence-corrected chi connectivity index (χ4v) is 3.59. The van der Waals surface area contributed by atoms with Gasteiger partial charge in [-0.15, -0.1) is 0 Å². The molecule has 0 saturated carbocycles. The lowest BCUT2D eigenvalue weighted by Crippen LogP contribution is -2.30. The molecule has 0 aliphatic carbocycles. The van der Waals surface area contributed by atoms with Gasteiger partial charge in [-0.05, 0) is 84.1 Å². The molecule has 0 bridgehead atoms. The van der Waals surface area contributed by atoms with Crippen molar-refractivity contribution in [2.45, 2.75) is 26.2 Å². The second kappa shape index (κ2) is 8.36. The summed E-state index contributed by atoms with van der Waals surface area (Å²) in [5.41, 5.74) is 3.38. The van der Waals surface area contributed by atoms with Crippen molar-refractivity contribution in [2.75, 3.05) is 28.6 Å². The largest absolute Gasteiger partial charge is 0.372 e. The van der Waals surface area contributed by atoms with Crippen molar-refractivity contribution in [1.29, 1.82) is 0 Å². The summed E-state index contributed by atoms with van der Waals surface area (Å²) in [6, 6.07) is 13.1. The molecule has 2 aromatic carbocycles. The normalized spacial score (nSPS) is 14.0. The highest BCUT2D eigenvalue weighted by Crippen LogP contribution is 2.24. The second-order valence-corrected chi connectivity index (χ2v) is 7.34. The van der Waals surface area contributed by atoms with Crippen LogP contribution in [0.1, 0.15) is 24.8 Å². The van der Waals surface area contributed by atoms with E-state index < -0.39 is 11.8 Å². The molecule has 2 N–H and O–H groups in total. The van der Waals surface area contributed by atoms with Gasteiger partial charge in [-0.3, -0.25) is 9.59 Å². The van der Waals surface area contributed by atoms with Crippen molar-refractivity contribution in [2.24, 2.45) is 0 Å². The lowest BCUT2D eigenvalue weighted by Gasteiger charge is -2.28. The standard InChI is InChI=1S/C20H22BrN3O2/c1-14-5-10-18(17(21)13-14)23-20(26)19(25)22-15-6-8-16(9-7-15)24-11-3-2-4-12-24/h5-10,13H,2-4,11-12H2,1H3,(H,22,25)(H,23,26). The molecule has 1 aliphatic heterocycles. The van der Waals surface area contributed by atoms with Crippen molar-refractivity contribution < 1.29 is 9.59 Å². The minimum absolute atomic E-state index is 0.566. The Kier molecular flexibility index (Phi) is 5.93. The zero-order chi connectivity index (χ0) is 18.5. The van der Waals surface area contributed by atoms with Crippen LogP contribution in [0.25, 0.3) is 0 Å². The van der Waals surface area contributed by atoms with E-state index >= 15 is 0 Å². The van der Waals surface area contributed by atoms with Gasteiger partial charge in [-0.25, -0.2) is 0 Å². The average molecular weight is 416 g/mol. The topological polar surface area (TPSA) is 61.4 Å². The number of aryl methyl sites for hydroxylation is 1. The van der Waals surface area contributed by atoms with E-state index in [-0.39, 0.29) is 0 Å². The molecule has 0 unspecified atom stereocenters. The number of halogens is 1. The summed E-state index contributed by atoms with van der Waals surface area (Å²) in [6.07, 6.45) is 3.72. The smallest absolute Gasteiger partial charge is 0.314 e. The van der Waals surface area contributed by atoms with Crippen molar-refractivity contribution >= 4 is 44.8 Å². The van der Waals surface area contributed by atoms with Gasteiger partial charge in [0.1, 0.15) is 0 Å². The summed E-state index contributed by atoms with van der Waals surface area (Å²) in [4.78, 5) is 26.6. The van der Waals surface area contributed by atoms with Crippen LogP contribution in [0.15, 0.2) is 46.9 Å². The number of nitrogens with zero attached hydrogens (tertiary/aromatic N) is 1. The fraction of sp³-hybridized carbons (Fsp3) is 0.300. The first-order valence-electron chi connectivity index (χ1n) is 8.76. The first-order chi connectivity index (χ1) is 12.5. The molecular weight excluding hydrogens is 394 g/mol. The van der Waals surface area contributed by atoms with Crippen molar-refractivity contribution in [3.63, 3.8) is 0 Å². The van der Waals surface area contributed by atoms with E-state index in [4.69, 9.17) is 0 Å². The van der Waals surface area contributed by atoms with Crippen LogP contribution >= 0.6 is 15.9 Å². The van der Waals surface area contributed by atoms with Crippen LogP contribution in [-0.2, 0) is 9.59 Å². The Bertz CT molecular complexity index is 799. The molecule has 0 spiro atoms. The van der Waals surface area contributed by atoms with Crippen LogP contribution < -0.4 is 15.5 Å². The molecule has 3 rings (SSSR count). The molecule has 1 fully saturated rings. The van der Waals surface area contributed by atoms with Gasteiger partial charge in [-0.1, -0.05) is 6.07 Å². The predicted octanol–water partition coefficient (Wildman–Crippen LogP) is 4.33. The van der Waals surface area contributed by atoms with Crippen molar-refractivity contribution in [1.82, 2.24) is 0 Å². The molecule has 1 saturated heterocycles. The number of hydrogen-bond donors (Lipinski definition) is 2. The monoisotopic (exact) mass is 415 g/mol. The first-order valence-corrected chi connectivity index (χ1v) is 9.56. The molecule has 5 nitrogen and oxygen atoms in total. The first kappa shape index (κ1) is 18.5. The number of amides is 2. The zero-order valence-corrected chi connectivity index (χ0v) is 16.3. The van der Waals surface area contributed by atoms with Crippen LogP contribution in [0, 0.1) is 6.92 Å². The molecule has 1 heterocycles. The number of carbonyl (C=O) groups excluding carboxylic acids is 2. The number of carbonyl (C=O) groups is 2. The summed E-state index contributed by atoms with van der Waals surface area (Å²) in [5, 5.41) is 5.25. The predicted molar refractivity (Wildman–Crippen MR) is 109 cm³/mol. The van der Waals surface area contributed by atoms with Gasteiger partial charge in [0.15, 0.2) is 0 Å². The molecule has 0 atom stereocenters. The van der Waals surface area contributed by atoms with E-state index in [0.29, 0.717) is 11.4 Å². The van der Waals surface area contributed by atoms with Gasteiger partial charge < -0.3 is 15.5 Å². The zero-order valence-electron chi connectivity index (χ0n) is 14.7. The maximum atomic E-state index is 12.1. The summed E-state index contributed by atoms with van der Waals surface area (Å²) >= 11 is 3.39. The average Bonchev–Trinajstić information content (AvgIpc) is 2.65. The molecular formula is C20H22BrN3O2. The summed E-state index contributed by atoms with van der Waals surface area (Å²) < 4.78 is 0.740. The van der Waals surface area contributed by atoms with Gasteiger partial charge in [0.2, 0.25) is 0 Å². The van der Waals surface area contributed by atoms with E-state index in [9.17, 15) is 9.59 Å². The van der Waals surface area contributed by atoms with E-state index in [1.165, 1.54) is 19.3 Å². The minimum atomic E-state index is -0.699. The molecule has 0 radical (unpaired) electrons. The van der Waals surface area contributed by atoms with E-state index in [1.807, 2.05) is 43.3 Å². The number of benzene rings is 2. The van der Waals surface area contributed by atoms with Crippen LogP contribution in [0.5, 0.6) is 0 Å². The Morgan fingerprint density at radius 1 is 0.923 bits per heavy atom. The molecule has 2 amide bonds. The maximum absolute atomic E-state index is 12.1. The Morgan fingerprint density at radius 2 is 1.58 bits per heavy atom. The lowest BCUT2D eigenvalue weighted by atomic mass is 10.1. The number of anilines is 3. The van der Waals surface area contributed by atoms with E-state index in [2.05, 4.69) is 31.5 Å². The fourth-order valence-electron chi connectivity index (χ4n) is 3.00. The number of hydrogen-bond acceptors (Lipinski definition) is 3. The minimum Gasteiger partial charge on any atom is -0.372 e. The van der Waals surface area contributed by atoms with Gasteiger partial charge in [0.25, 0.3) is 0 Å². The molecule has 2 aromatic rings. The van der Waals surface area contributed by atoms with Crippen molar-refractivity contribution in [3.8, 4) is 0 Å². The van der Waals surface area contributed by atoms with Crippen LogP contribution in [-0.4, -0.2) is 24.9 Å². The Hall–Kier alpha value is -2.34. The third-order valence-electron chi connectivity index (χ3n) is 4.43. The Morgan fingerprint density at radius 3 is 2.23 bits per heavy atom. The van der Waals surface area contributed by atoms with Gasteiger partial charge in [-0.2, -0.15) is 0 Å². The van der Waals surface area contributed by atoms with Gasteiger partial charge in [0, 0.05) is 28.9 Å². The highest BCUT2D eigenvalue weighted by Gasteiger charge is 2.16. The molecule has 0 aromatic heterocycles. The molecule has 6 heteroatoms. The third-order valence-corrected chi connectivity index (χ3v) is 5.08. The van der Waals surface area contributed by atoms with Crippen LogP contribution in [0.2, 0.25) is 0 Å². The number of piperidine rings is 1. The quantitative estimate of drug-likeness (QED) is 0.733. The Balaban J connectivity index is 1.59. The second-order valence-electron chi connectivity index (χ2n) is 6.49. The number of rotatable bonds is 3. The number of nitrogens with one attached hydrogen (secondary N) is 2. The molecule has 26 heavy (non-hydrogen) atoms. The van der Waals surface area contributed by atoms with E-state index in [1.54, 1.807) is 6.07 Å². The molecule has 1 aliphatic rings. The maximum Gasteiger partial charge on any atom is 0.314 e. The summed E-state index contributed by atoms with van der Waals surface area (Å²) in [5.74, 6) is -1.39. The molecule has 136 valence electrons. The van der Waals surface area contributed by atoms with Crippen LogP contribution in [0.3, 0.4) is 0 Å².